The second-order valence-electron chi connectivity index (χ2n) is 4.99. The van der Waals surface area contributed by atoms with Gasteiger partial charge in [0.2, 0.25) is 11.0 Å². The average molecular weight is 375 g/mol. The Bertz CT molecular complexity index is 847. The van der Waals surface area contributed by atoms with E-state index in [1.165, 1.54) is 23.1 Å². The molecule has 0 aromatic carbocycles. The molecule has 0 spiro atoms. The Morgan fingerprint density at radius 1 is 1.28 bits per heavy atom. The van der Waals surface area contributed by atoms with Crippen LogP contribution >= 0.6 is 23.1 Å². The van der Waals surface area contributed by atoms with E-state index in [1.807, 2.05) is 30.5 Å². The van der Waals surface area contributed by atoms with Gasteiger partial charge < -0.3 is 4.57 Å². The van der Waals surface area contributed by atoms with E-state index in [4.69, 9.17) is 0 Å². The maximum Gasteiger partial charge on any atom is 0.236 e. The number of carbonyl (C=O) groups is 1. The Balaban J connectivity index is 1.58. The van der Waals surface area contributed by atoms with Crippen LogP contribution in [0.4, 0.5) is 5.13 Å². The predicted molar refractivity (Wildman–Crippen MR) is 97.6 cm³/mol. The maximum atomic E-state index is 12.1. The molecule has 0 aliphatic rings. The molecule has 10 heteroatoms. The van der Waals surface area contributed by atoms with Gasteiger partial charge >= 0.3 is 0 Å². The third-order valence-corrected chi connectivity index (χ3v) is 5.19. The molecule has 25 heavy (non-hydrogen) atoms. The number of hydrogen-bond donors (Lipinski definition) is 1. The molecule has 0 fully saturated rings. The fourth-order valence-electron chi connectivity index (χ4n) is 2.17. The highest BCUT2D eigenvalue weighted by Gasteiger charge is 2.14. The van der Waals surface area contributed by atoms with Gasteiger partial charge in [-0.3, -0.25) is 15.1 Å². The lowest BCUT2D eigenvalue weighted by Gasteiger charge is -2.05. The minimum atomic E-state index is -0.150. The van der Waals surface area contributed by atoms with Crippen LogP contribution in [0.2, 0.25) is 0 Å². The van der Waals surface area contributed by atoms with Crippen molar-refractivity contribution in [1.29, 1.82) is 0 Å². The van der Waals surface area contributed by atoms with Crippen LogP contribution in [-0.2, 0) is 17.8 Å². The molecule has 0 atom stereocenters. The number of pyridine rings is 1. The Morgan fingerprint density at radius 3 is 2.88 bits per heavy atom. The number of carbonyl (C=O) groups excluding carboxylic acids is 1. The lowest BCUT2D eigenvalue weighted by molar-refractivity contribution is -0.113. The summed E-state index contributed by atoms with van der Waals surface area (Å²) < 4.78 is 2.02. The van der Waals surface area contributed by atoms with Crippen molar-refractivity contribution in [1.82, 2.24) is 29.9 Å². The Morgan fingerprint density at radius 2 is 2.16 bits per heavy atom. The van der Waals surface area contributed by atoms with Crippen LogP contribution in [-0.4, -0.2) is 41.6 Å². The molecule has 3 aromatic heterocycles. The number of aromatic nitrogens is 6. The van der Waals surface area contributed by atoms with Gasteiger partial charge in [-0.2, -0.15) is 0 Å². The van der Waals surface area contributed by atoms with Gasteiger partial charge in [-0.1, -0.05) is 30.0 Å². The lowest BCUT2D eigenvalue weighted by Crippen LogP contribution is -2.14. The van der Waals surface area contributed by atoms with E-state index in [0.717, 1.165) is 34.5 Å². The van der Waals surface area contributed by atoms with Gasteiger partial charge in [-0.15, -0.1) is 20.4 Å². The highest BCUT2D eigenvalue weighted by atomic mass is 32.2. The smallest absolute Gasteiger partial charge is 0.236 e. The zero-order valence-electron chi connectivity index (χ0n) is 13.8. The minimum absolute atomic E-state index is 0.150. The molecular formula is C15H17N7OS2. The van der Waals surface area contributed by atoms with E-state index in [0.29, 0.717) is 5.13 Å². The summed E-state index contributed by atoms with van der Waals surface area (Å²) in [4.78, 5) is 16.2. The third-order valence-electron chi connectivity index (χ3n) is 3.34. The maximum absolute atomic E-state index is 12.1. The van der Waals surface area contributed by atoms with Crippen LogP contribution in [0.5, 0.6) is 0 Å². The van der Waals surface area contributed by atoms with Crippen LogP contribution in [0, 0.1) is 0 Å². The topological polar surface area (TPSA) is 98.5 Å². The molecule has 0 saturated carbocycles. The molecule has 0 aliphatic carbocycles. The van der Waals surface area contributed by atoms with Gasteiger partial charge in [0.15, 0.2) is 10.2 Å². The third kappa shape index (κ3) is 4.20. The average Bonchev–Trinajstić information content (AvgIpc) is 3.26. The summed E-state index contributed by atoms with van der Waals surface area (Å²) in [6, 6.07) is 3.73. The van der Waals surface area contributed by atoms with Gasteiger partial charge in [-0.05, 0) is 19.1 Å². The largest absolute Gasteiger partial charge is 0.306 e. The molecule has 0 radical (unpaired) electrons. The number of anilines is 1. The summed E-state index contributed by atoms with van der Waals surface area (Å²) in [6.07, 6.45) is 4.23. The first-order valence-electron chi connectivity index (χ1n) is 7.79. The number of nitrogens with zero attached hydrogens (tertiary/aromatic N) is 6. The molecule has 0 saturated heterocycles. The first kappa shape index (κ1) is 17.5. The normalized spacial score (nSPS) is 10.8. The Labute approximate surface area is 153 Å². The van der Waals surface area contributed by atoms with Gasteiger partial charge in [0.25, 0.3) is 0 Å². The Hall–Kier alpha value is -2.33. The Kier molecular flexibility index (Phi) is 5.71. The molecule has 1 N–H and O–H groups in total. The fourth-order valence-corrected chi connectivity index (χ4v) is 3.74. The van der Waals surface area contributed by atoms with Crippen molar-refractivity contribution in [3.63, 3.8) is 0 Å². The fraction of sp³-hybridized carbons (Fsp3) is 0.333. The van der Waals surface area contributed by atoms with E-state index >= 15 is 0 Å². The van der Waals surface area contributed by atoms with E-state index < -0.39 is 0 Å². The van der Waals surface area contributed by atoms with Crippen molar-refractivity contribution in [2.45, 2.75) is 32.0 Å². The van der Waals surface area contributed by atoms with E-state index in [1.54, 1.807) is 12.4 Å². The summed E-state index contributed by atoms with van der Waals surface area (Å²) in [5.41, 5.74) is 0.873. The number of rotatable bonds is 7. The molecule has 1 amide bonds. The summed E-state index contributed by atoms with van der Waals surface area (Å²) in [7, 11) is 0. The molecule has 0 unspecified atom stereocenters. The predicted octanol–water partition coefficient (Wildman–Crippen LogP) is 2.50. The standard InChI is InChI=1S/C15H17N7OS2/c1-3-11-18-21-15(22(11)4-2)24-9-12(23)17-14-20-19-13(25-14)10-6-5-7-16-8-10/h5-8H,3-4,9H2,1-2H3,(H,17,20,23). The van der Waals surface area contributed by atoms with Crippen LogP contribution in [0.15, 0.2) is 29.7 Å². The molecule has 3 rings (SSSR count). The molecule has 130 valence electrons. The minimum Gasteiger partial charge on any atom is -0.306 e. The second kappa shape index (κ2) is 8.17. The van der Waals surface area contributed by atoms with Crippen molar-refractivity contribution in [2.75, 3.05) is 11.1 Å². The number of thioether (sulfide) groups is 1. The molecule has 8 nitrogen and oxygen atoms in total. The zero-order valence-corrected chi connectivity index (χ0v) is 15.5. The van der Waals surface area contributed by atoms with Crippen molar-refractivity contribution in [2.24, 2.45) is 0 Å². The van der Waals surface area contributed by atoms with Gasteiger partial charge in [-0.25, -0.2) is 0 Å². The highest BCUT2D eigenvalue weighted by Crippen LogP contribution is 2.25. The zero-order chi connectivity index (χ0) is 17.6. The highest BCUT2D eigenvalue weighted by molar-refractivity contribution is 7.99. The van der Waals surface area contributed by atoms with Crippen LogP contribution in [0.1, 0.15) is 19.7 Å². The van der Waals surface area contributed by atoms with Crippen LogP contribution < -0.4 is 5.32 Å². The number of amides is 1. The van der Waals surface area contributed by atoms with Gasteiger partial charge in [0.1, 0.15) is 5.82 Å². The molecule has 3 aromatic rings. The SMILES string of the molecule is CCc1nnc(SCC(=O)Nc2nnc(-c3cccnc3)s2)n1CC. The van der Waals surface area contributed by atoms with E-state index in [-0.39, 0.29) is 11.7 Å². The second-order valence-corrected chi connectivity index (χ2v) is 6.91. The van der Waals surface area contributed by atoms with Crippen LogP contribution in [0.3, 0.4) is 0 Å². The molecular weight excluding hydrogens is 358 g/mol. The monoisotopic (exact) mass is 375 g/mol. The number of aryl methyl sites for hydroxylation is 1. The van der Waals surface area contributed by atoms with E-state index in [2.05, 4.69) is 30.7 Å². The summed E-state index contributed by atoms with van der Waals surface area (Å²) in [5.74, 6) is 1.02. The first-order chi connectivity index (χ1) is 12.2. The summed E-state index contributed by atoms with van der Waals surface area (Å²) >= 11 is 2.68. The summed E-state index contributed by atoms with van der Waals surface area (Å²) in [5, 5.41) is 21.1. The van der Waals surface area contributed by atoms with Gasteiger partial charge in [0.05, 0.1) is 5.75 Å². The molecule has 0 aliphatic heterocycles. The lowest BCUT2D eigenvalue weighted by atomic mass is 10.3. The van der Waals surface area contributed by atoms with E-state index in [9.17, 15) is 4.79 Å². The summed E-state index contributed by atoms with van der Waals surface area (Å²) in [6.45, 7) is 4.85. The molecule has 0 bridgehead atoms. The quantitative estimate of drug-likeness (QED) is 0.633. The molecule has 3 heterocycles. The van der Waals surface area contributed by atoms with Crippen molar-refractivity contribution in [3.05, 3.63) is 30.4 Å². The number of nitrogens with one attached hydrogen (secondary N) is 1. The van der Waals surface area contributed by atoms with Crippen molar-refractivity contribution in [3.8, 4) is 10.6 Å². The van der Waals surface area contributed by atoms with Crippen molar-refractivity contribution >= 4 is 34.1 Å². The van der Waals surface area contributed by atoms with Gasteiger partial charge in [0, 0.05) is 30.9 Å². The number of hydrogen-bond acceptors (Lipinski definition) is 8. The van der Waals surface area contributed by atoms with Crippen molar-refractivity contribution < 1.29 is 4.79 Å². The first-order valence-corrected chi connectivity index (χ1v) is 9.60. The van der Waals surface area contributed by atoms with Crippen LogP contribution in [0.25, 0.3) is 10.6 Å².